The van der Waals surface area contributed by atoms with E-state index in [9.17, 15) is 5.11 Å². The lowest BCUT2D eigenvalue weighted by Crippen LogP contribution is -1.89. The summed E-state index contributed by atoms with van der Waals surface area (Å²) in [6.45, 7) is 0. The number of benzene rings is 2. The number of nitrogen functional groups attached to an aromatic ring is 1. The molecule has 0 radical (unpaired) electrons. The Morgan fingerprint density at radius 3 is 2.50 bits per heavy atom. The van der Waals surface area contributed by atoms with Crippen LogP contribution in [0.2, 0.25) is 0 Å². The van der Waals surface area contributed by atoms with Crippen molar-refractivity contribution < 1.29 is 9.84 Å². The van der Waals surface area contributed by atoms with Gasteiger partial charge in [-0.15, -0.1) is 0 Å². The lowest BCUT2D eigenvalue weighted by Gasteiger charge is -2.10. The highest BCUT2D eigenvalue weighted by Gasteiger charge is 2.09. The largest absolute Gasteiger partial charge is 0.507 e. The first-order chi connectivity index (χ1) is 7.72. The average Bonchev–Trinajstić information content (AvgIpc) is 2.29. The number of nitrogens with two attached hydrogens (primary N) is 1. The molecule has 0 fully saturated rings. The highest BCUT2D eigenvalue weighted by Crippen LogP contribution is 2.36. The smallest absolute Gasteiger partial charge is 0.126 e. The van der Waals surface area contributed by atoms with Crippen molar-refractivity contribution >= 4 is 5.69 Å². The predicted octanol–water partition coefficient (Wildman–Crippen LogP) is 2.65. The first-order valence-electron chi connectivity index (χ1n) is 4.94. The van der Waals surface area contributed by atoms with Gasteiger partial charge in [-0.05, 0) is 18.2 Å². The van der Waals surface area contributed by atoms with Gasteiger partial charge in [0.05, 0.1) is 7.11 Å². The highest BCUT2D eigenvalue weighted by atomic mass is 16.5. The number of hydrogen-bond acceptors (Lipinski definition) is 3. The second-order valence-corrected chi connectivity index (χ2v) is 3.48. The maximum absolute atomic E-state index is 9.83. The Labute approximate surface area is 94.1 Å². The van der Waals surface area contributed by atoms with Crippen molar-refractivity contribution in [3.8, 4) is 22.6 Å². The number of rotatable bonds is 2. The summed E-state index contributed by atoms with van der Waals surface area (Å²) in [5, 5.41) is 9.83. The van der Waals surface area contributed by atoms with Gasteiger partial charge in [0, 0.05) is 22.9 Å². The van der Waals surface area contributed by atoms with Gasteiger partial charge in [0.25, 0.3) is 0 Å². The van der Waals surface area contributed by atoms with Crippen LogP contribution < -0.4 is 10.5 Å². The third kappa shape index (κ3) is 1.80. The van der Waals surface area contributed by atoms with E-state index in [0.29, 0.717) is 11.3 Å². The Kier molecular flexibility index (Phi) is 2.68. The van der Waals surface area contributed by atoms with E-state index in [1.54, 1.807) is 19.2 Å². The summed E-state index contributed by atoms with van der Waals surface area (Å²) in [5.74, 6) is 0.882. The summed E-state index contributed by atoms with van der Waals surface area (Å²) in [5.41, 5.74) is 7.69. The molecule has 0 aliphatic rings. The fourth-order valence-electron chi connectivity index (χ4n) is 1.64. The van der Waals surface area contributed by atoms with Crippen molar-refractivity contribution in [1.82, 2.24) is 0 Å². The van der Waals surface area contributed by atoms with Crippen molar-refractivity contribution in [3.63, 3.8) is 0 Å². The zero-order valence-corrected chi connectivity index (χ0v) is 8.97. The highest BCUT2D eigenvalue weighted by molar-refractivity contribution is 5.77. The van der Waals surface area contributed by atoms with Crippen LogP contribution in [-0.4, -0.2) is 12.2 Å². The Hall–Kier alpha value is -2.16. The Morgan fingerprint density at radius 1 is 1.06 bits per heavy atom. The van der Waals surface area contributed by atoms with Crippen molar-refractivity contribution in [1.29, 1.82) is 0 Å². The molecule has 3 N–H and O–H groups in total. The van der Waals surface area contributed by atoms with E-state index in [0.717, 1.165) is 11.3 Å². The third-order valence-electron chi connectivity index (χ3n) is 2.42. The standard InChI is InChI=1S/C13H13NO2/c1-16-13-5-3-2-4-11(13)10-7-6-9(14)8-12(10)15/h2-8,15H,14H2,1H3. The molecule has 0 aliphatic carbocycles. The van der Waals surface area contributed by atoms with Crippen LogP contribution in [0.4, 0.5) is 5.69 Å². The zero-order valence-electron chi connectivity index (χ0n) is 8.97. The van der Waals surface area contributed by atoms with E-state index in [1.807, 2.05) is 24.3 Å². The number of para-hydroxylation sites is 1. The minimum absolute atomic E-state index is 0.157. The number of phenols is 1. The first-order valence-corrected chi connectivity index (χ1v) is 4.94. The molecule has 0 aliphatic heterocycles. The summed E-state index contributed by atoms with van der Waals surface area (Å²) < 4.78 is 5.24. The van der Waals surface area contributed by atoms with Crippen LogP contribution in [0.1, 0.15) is 0 Å². The van der Waals surface area contributed by atoms with Gasteiger partial charge >= 0.3 is 0 Å². The summed E-state index contributed by atoms with van der Waals surface area (Å²) in [6, 6.07) is 12.6. The minimum Gasteiger partial charge on any atom is -0.507 e. The molecular weight excluding hydrogens is 202 g/mol. The number of phenolic OH excluding ortho intramolecular Hbond substituents is 1. The van der Waals surface area contributed by atoms with Gasteiger partial charge in [0.15, 0.2) is 0 Å². The van der Waals surface area contributed by atoms with Crippen LogP contribution in [0.5, 0.6) is 11.5 Å². The zero-order chi connectivity index (χ0) is 11.5. The van der Waals surface area contributed by atoms with Gasteiger partial charge < -0.3 is 15.6 Å². The molecule has 0 bridgehead atoms. The molecule has 2 rings (SSSR count). The van der Waals surface area contributed by atoms with E-state index < -0.39 is 0 Å². The quantitative estimate of drug-likeness (QED) is 0.757. The molecule has 0 aromatic heterocycles. The topological polar surface area (TPSA) is 55.5 Å². The molecule has 0 spiro atoms. The van der Waals surface area contributed by atoms with E-state index in [2.05, 4.69) is 0 Å². The molecule has 0 heterocycles. The van der Waals surface area contributed by atoms with E-state index in [-0.39, 0.29) is 5.75 Å². The SMILES string of the molecule is COc1ccccc1-c1ccc(N)cc1O. The molecule has 3 heteroatoms. The minimum atomic E-state index is 0.157. The molecule has 82 valence electrons. The molecule has 2 aromatic rings. The summed E-state index contributed by atoms with van der Waals surface area (Å²) >= 11 is 0. The number of aromatic hydroxyl groups is 1. The molecule has 0 atom stereocenters. The summed E-state index contributed by atoms with van der Waals surface area (Å²) in [4.78, 5) is 0. The monoisotopic (exact) mass is 215 g/mol. The van der Waals surface area contributed by atoms with Crippen LogP contribution in [-0.2, 0) is 0 Å². The third-order valence-corrected chi connectivity index (χ3v) is 2.42. The van der Waals surface area contributed by atoms with Crippen molar-refractivity contribution in [2.24, 2.45) is 0 Å². The predicted molar refractivity (Wildman–Crippen MR) is 64.5 cm³/mol. The van der Waals surface area contributed by atoms with Crippen molar-refractivity contribution in [2.75, 3.05) is 12.8 Å². The molecular formula is C13H13NO2. The van der Waals surface area contributed by atoms with E-state index >= 15 is 0 Å². The fourth-order valence-corrected chi connectivity index (χ4v) is 1.64. The Bertz CT molecular complexity index is 509. The normalized spacial score (nSPS) is 10.1. The number of methoxy groups -OCH3 is 1. The lowest BCUT2D eigenvalue weighted by molar-refractivity contribution is 0.415. The van der Waals surface area contributed by atoms with Gasteiger partial charge in [-0.1, -0.05) is 18.2 Å². The molecule has 0 unspecified atom stereocenters. The van der Waals surface area contributed by atoms with Gasteiger partial charge in [0.2, 0.25) is 0 Å². The molecule has 2 aromatic carbocycles. The fraction of sp³-hybridized carbons (Fsp3) is 0.0769. The first kappa shape index (κ1) is 10.4. The number of ether oxygens (including phenoxy) is 1. The number of anilines is 1. The summed E-state index contributed by atoms with van der Waals surface area (Å²) in [6.07, 6.45) is 0. The van der Waals surface area contributed by atoms with Crippen LogP contribution >= 0.6 is 0 Å². The van der Waals surface area contributed by atoms with Gasteiger partial charge in [-0.3, -0.25) is 0 Å². The van der Waals surface area contributed by atoms with Crippen LogP contribution in [0.25, 0.3) is 11.1 Å². The van der Waals surface area contributed by atoms with Crippen molar-refractivity contribution in [2.45, 2.75) is 0 Å². The molecule has 0 saturated heterocycles. The molecule has 3 nitrogen and oxygen atoms in total. The van der Waals surface area contributed by atoms with Crippen LogP contribution in [0.15, 0.2) is 42.5 Å². The van der Waals surface area contributed by atoms with Crippen LogP contribution in [0.3, 0.4) is 0 Å². The second kappa shape index (κ2) is 4.14. The van der Waals surface area contributed by atoms with Gasteiger partial charge in [-0.2, -0.15) is 0 Å². The average molecular weight is 215 g/mol. The lowest BCUT2D eigenvalue weighted by atomic mass is 10.0. The van der Waals surface area contributed by atoms with Crippen LogP contribution in [0, 0.1) is 0 Å². The second-order valence-electron chi connectivity index (χ2n) is 3.48. The molecule has 0 amide bonds. The van der Waals surface area contributed by atoms with E-state index in [1.165, 1.54) is 6.07 Å². The van der Waals surface area contributed by atoms with Crippen molar-refractivity contribution in [3.05, 3.63) is 42.5 Å². The maximum Gasteiger partial charge on any atom is 0.126 e. The van der Waals surface area contributed by atoms with Gasteiger partial charge in [0.1, 0.15) is 11.5 Å². The van der Waals surface area contributed by atoms with E-state index in [4.69, 9.17) is 10.5 Å². The summed E-state index contributed by atoms with van der Waals surface area (Å²) in [7, 11) is 1.60. The maximum atomic E-state index is 9.83. The Morgan fingerprint density at radius 2 is 1.81 bits per heavy atom. The Balaban J connectivity index is 2.58. The molecule has 0 saturated carbocycles. The van der Waals surface area contributed by atoms with Gasteiger partial charge in [-0.25, -0.2) is 0 Å². The number of hydrogen-bond donors (Lipinski definition) is 2. The molecule has 16 heavy (non-hydrogen) atoms.